The van der Waals surface area contributed by atoms with E-state index in [1.807, 2.05) is 37.6 Å². The smallest absolute Gasteiger partial charge is 0.410 e. The van der Waals surface area contributed by atoms with Gasteiger partial charge in [0.05, 0.1) is 19.8 Å². The van der Waals surface area contributed by atoms with Crippen LogP contribution in [0, 0.1) is 0 Å². The summed E-state index contributed by atoms with van der Waals surface area (Å²) in [5, 5.41) is 6.62. The maximum absolute atomic E-state index is 12.8. The molecule has 46 heavy (non-hydrogen) atoms. The van der Waals surface area contributed by atoms with Crippen molar-refractivity contribution in [2.24, 2.45) is 0 Å². The number of anilines is 1. The highest BCUT2D eigenvalue weighted by molar-refractivity contribution is 6.76. The second-order valence-corrected chi connectivity index (χ2v) is 19.1. The van der Waals surface area contributed by atoms with Crippen molar-refractivity contribution in [1.29, 1.82) is 0 Å². The highest BCUT2D eigenvalue weighted by Crippen LogP contribution is 2.41. The van der Waals surface area contributed by atoms with Crippen LogP contribution in [0.5, 0.6) is 11.6 Å². The van der Waals surface area contributed by atoms with Gasteiger partial charge in [-0.15, -0.1) is 0 Å². The van der Waals surface area contributed by atoms with Crippen LogP contribution in [0.3, 0.4) is 0 Å². The molecule has 1 saturated heterocycles. The quantitative estimate of drug-likeness (QED) is 0.202. The van der Waals surface area contributed by atoms with Crippen molar-refractivity contribution < 1.29 is 28.5 Å². The number of rotatable bonds is 12. The van der Waals surface area contributed by atoms with E-state index in [0.29, 0.717) is 81.3 Å². The fourth-order valence-electron chi connectivity index (χ4n) is 5.04. The number of hydrogen-bond donors (Lipinski definition) is 2. The molecule has 14 heteroatoms. The second kappa shape index (κ2) is 15.1. The minimum atomic E-state index is -1.26. The Hall–Kier alpha value is -3.88. The number of pyridine rings is 2. The van der Waals surface area contributed by atoms with Crippen molar-refractivity contribution in [3.05, 3.63) is 30.6 Å². The third-order valence-electron chi connectivity index (χ3n) is 7.49. The number of nitrogens with one attached hydrogen (secondary N) is 2. The van der Waals surface area contributed by atoms with Crippen LogP contribution in [0.25, 0.3) is 22.2 Å². The predicted octanol–water partition coefficient (Wildman–Crippen LogP) is 5.10. The van der Waals surface area contributed by atoms with E-state index in [1.54, 1.807) is 37.4 Å². The number of methoxy groups -OCH3 is 2. The first-order chi connectivity index (χ1) is 21.8. The fourth-order valence-corrected chi connectivity index (χ4v) is 5.80. The van der Waals surface area contributed by atoms with Gasteiger partial charge < -0.3 is 33.7 Å². The Morgan fingerprint density at radius 1 is 1.02 bits per heavy atom. The number of ether oxygens (including phenoxy) is 4. The van der Waals surface area contributed by atoms with Crippen molar-refractivity contribution in [1.82, 2.24) is 29.7 Å². The highest BCUT2D eigenvalue weighted by atomic mass is 28.3. The number of urea groups is 1. The molecule has 3 aromatic rings. The molecule has 4 heterocycles. The summed E-state index contributed by atoms with van der Waals surface area (Å²) in [6.07, 6.45) is 3.31. The third-order valence-corrected chi connectivity index (χ3v) is 9.19. The number of aromatic nitrogens is 3. The molecule has 0 atom stereocenters. The lowest BCUT2D eigenvalue weighted by molar-refractivity contribution is 0.0147. The van der Waals surface area contributed by atoms with Crippen LogP contribution < -0.4 is 20.1 Å². The van der Waals surface area contributed by atoms with E-state index in [9.17, 15) is 9.59 Å². The number of piperazine rings is 1. The lowest BCUT2D eigenvalue weighted by atomic mass is 10.1. The lowest BCUT2D eigenvalue weighted by Crippen LogP contribution is -2.51. The van der Waals surface area contributed by atoms with E-state index in [2.05, 4.69) is 40.2 Å². The summed E-state index contributed by atoms with van der Waals surface area (Å²) in [7, 11) is 1.93. The average Bonchev–Trinajstić information content (AvgIpc) is 3.35. The number of fused-ring (bicyclic) bond motifs is 1. The van der Waals surface area contributed by atoms with Crippen LogP contribution in [-0.4, -0.2) is 110 Å². The van der Waals surface area contributed by atoms with Gasteiger partial charge in [-0.1, -0.05) is 19.6 Å². The number of hydrogen-bond acceptors (Lipinski definition) is 9. The van der Waals surface area contributed by atoms with Gasteiger partial charge in [-0.3, -0.25) is 10.2 Å². The number of carbonyl (C=O) groups is 2. The third kappa shape index (κ3) is 9.56. The molecule has 0 unspecified atom stereocenters. The van der Waals surface area contributed by atoms with Crippen LogP contribution in [0.4, 0.5) is 15.4 Å². The fraction of sp³-hybridized carbons (Fsp3) is 0.562. The van der Waals surface area contributed by atoms with Crippen molar-refractivity contribution in [2.75, 3.05) is 65.4 Å². The van der Waals surface area contributed by atoms with Crippen molar-refractivity contribution in [2.45, 2.75) is 58.8 Å². The molecule has 13 nitrogen and oxygen atoms in total. The zero-order chi connectivity index (χ0) is 33.5. The first-order valence-electron chi connectivity index (χ1n) is 15.7. The van der Waals surface area contributed by atoms with Gasteiger partial charge in [0.15, 0.2) is 0 Å². The van der Waals surface area contributed by atoms with Crippen LogP contribution in [0.15, 0.2) is 30.6 Å². The molecule has 1 fully saturated rings. The number of amides is 3. The Morgan fingerprint density at radius 3 is 2.41 bits per heavy atom. The van der Waals surface area contributed by atoms with Gasteiger partial charge in [-0.25, -0.2) is 19.6 Å². The van der Waals surface area contributed by atoms with Gasteiger partial charge in [0, 0.05) is 77.3 Å². The highest BCUT2D eigenvalue weighted by Gasteiger charge is 2.26. The summed E-state index contributed by atoms with van der Waals surface area (Å²) in [6.45, 7) is 17.2. The standard InChI is InChI=1S/C32H49N7O6Si/c1-32(2,3)45-31(41)38-17-15-37(16-18-38)14-13-34-30(40)36-26-10-9-23-24(27-25(42-4)11-12-33-29(27)43-5)21-39(28(23)35-26)22-44-19-20-46(6,7)8/h9-12,21H,13-20,22H2,1-8H3,(H2,34,35,36,40). The first kappa shape index (κ1) is 35.0. The summed E-state index contributed by atoms with van der Waals surface area (Å²) < 4.78 is 24.7. The molecular formula is C32H49N7O6Si. The zero-order valence-corrected chi connectivity index (χ0v) is 29.4. The zero-order valence-electron chi connectivity index (χ0n) is 28.4. The minimum absolute atomic E-state index is 0.288. The Kier molecular flexibility index (Phi) is 11.5. The van der Waals surface area contributed by atoms with Crippen LogP contribution in [0.2, 0.25) is 25.7 Å². The van der Waals surface area contributed by atoms with Crippen molar-refractivity contribution >= 4 is 37.0 Å². The van der Waals surface area contributed by atoms with E-state index < -0.39 is 13.7 Å². The number of nitrogens with zero attached hydrogens (tertiary/aromatic N) is 5. The molecule has 1 aliphatic heterocycles. The summed E-state index contributed by atoms with van der Waals surface area (Å²) in [6, 6.07) is 6.18. The summed E-state index contributed by atoms with van der Waals surface area (Å²) >= 11 is 0. The Balaban J connectivity index is 1.42. The minimum Gasteiger partial charge on any atom is -0.496 e. The van der Waals surface area contributed by atoms with Gasteiger partial charge in [0.1, 0.15) is 29.5 Å². The monoisotopic (exact) mass is 655 g/mol. The maximum atomic E-state index is 12.8. The molecular weight excluding hydrogens is 606 g/mol. The molecule has 1 aliphatic rings. The molecule has 0 aliphatic carbocycles. The van der Waals surface area contributed by atoms with Gasteiger partial charge in [0.25, 0.3) is 0 Å². The van der Waals surface area contributed by atoms with Crippen LogP contribution in [-0.2, 0) is 16.2 Å². The Labute approximate surface area is 272 Å². The molecule has 3 amide bonds. The van der Waals surface area contributed by atoms with Crippen molar-refractivity contribution in [3.63, 3.8) is 0 Å². The van der Waals surface area contributed by atoms with E-state index in [0.717, 1.165) is 17.0 Å². The molecule has 0 aromatic carbocycles. The lowest BCUT2D eigenvalue weighted by Gasteiger charge is -2.35. The van der Waals surface area contributed by atoms with E-state index in [4.69, 9.17) is 23.9 Å². The second-order valence-electron chi connectivity index (χ2n) is 13.5. The topological polar surface area (TPSA) is 132 Å². The van der Waals surface area contributed by atoms with Gasteiger partial charge in [0.2, 0.25) is 5.88 Å². The molecule has 2 N–H and O–H groups in total. The molecule has 0 saturated carbocycles. The number of carbonyl (C=O) groups excluding carboxylic acids is 2. The maximum Gasteiger partial charge on any atom is 0.410 e. The molecule has 3 aromatic heterocycles. The summed E-state index contributed by atoms with van der Waals surface area (Å²) in [5.41, 5.74) is 1.68. The normalized spacial score (nSPS) is 14.3. The van der Waals surface area contributed by atoms with E-state index in [-0.39, 0.29) is 12.1 Å². The SMILES string of the molecule is COc1ccnc(OC)c1-c1cn(COCC[Si](C)(C)C)c2nc(NC(=O)NCCN3CCN(C(=O)OC(C)(C)C)CC3)ccc12. The van der Waals surface area contributed by atoms with Crippen molar-refractivity contribution in [3.8, 4) is 22.8 Å². The largest absolute Gasteiger partial charge is 0.496 e. The molecule has 0 spiro atoms. The average molecular weight is 656 g/mol. The molecule has 0 radical (unpaired) electrons. The summed E-state index contributed by atoms with van der Waals surface area (Å²) in [4.78, 5) is 38.3. The first-order valence-corrected chi connectivity index (χ1v) is 19.4. The predicted molar refractivity (Wildman–Crippen MR) is 181 cm³/mol. The van der Waals surface area contributed by atoms with E-state index in [1.165, 1.54) is 0 Å². The molecule has 4 rings (SSSR count). The van der Waals surface area contributed by atoms with Gasteiger partial charge in [-0.2, -0.15) is 0 Å². The Morgan fingerprint density at radius 2 is 1.76 bits per heavy atom. The van der Waals surface area contributed by atoms with Gasteiger partial charge in [-0.05, 0) is 45.0 Å². The van der Waals surface area contributed by atoms with Crippen LogP contribution >= 0.6 is 0 Å². The summed E-state index contributed by atoms with van der Waals surface area (Å²) in [5.74, 6) is 1.47. The Bertz CT molecular complexity index is 1470. The van der Waals surface area contributed by atoms with Gasteiger partial charge >= 0.3 is 12.1 Å². The molecule has 0 bridgehead atoms. The van der Waals surface area contributed by atoms with E-state index >= 15 is 0 Å². The molecule has 252 valence electrons. The van der Waals surface area contributed by atoms with Crippen LogP contribution in [0.1, 0.15) is 20.8 Å².